The molecule has 1 N–H and O–H groups in total. The average Bonchev–Trinajstić information content (AvgIpc) is 3.52. The van der Waals surface area contributed by atoms with Crippen molar-refractivity contribution in [1.29, 1.82) is 0 Å². The Balaban J connectivity index is 1.46. The molecule has 2 aromatic heterocycles. The van der Waals surface area contributed by atoms with Crippen LogP contribution in [0.1, 0.15) is 57.3 Å². The summed E-state index contributed by atoms with van der Waals surface area (Å²) in [6.07, 6.45) is 4.65. The van der Waals surface area contributed by atoms with Gasteiger partial charge in [-0.2, -0.15) is 0 Å². The fourth-order valence-corrected chi connectivity index (χ4v) is 4.69. The second-order valence-corrected chi connectivity index (χ2v) is 9.77. The Bertz CT molecular complexity index is 1660. The van der Waals surface area contributed by atoms with Gasteiger partial charge >= 0.3 is 5.97 Å². The molecule has 0 bridgehead atoms. The van der Waals surface area contributed by atoms with Crippen molar-refractivity contribution in [1.82, 2.24) is 30.2 Å². The molecule has 2 heterocycles. The number of nitrogens with one attached hydrogen (secondary N) is 1. The van der Waals surface area contributed by atoms with Crippen molar-refractivity contribution in [2.45, 2.75) is 58.9 Å². The summed E-state index contributed by atoms with van der Waals surface area (Å²) in [7, 11) is 0. The number of esters is 1. The predicted octanol–water partition coefficient (Wildman–Crippen LogP) is 5.73. The molecule has 3 aromatic carbocycles. The second-order valence-electron chi connectivity index (χ2n) is 9.77. The molecule has 0 radical (unpaired) electrons. The average molecular weight is 537 g/mol. The number of ether oxygens (including phenoxy) is 1. The van der Waals surface area contributed by atoms with Gasteiger partial charge < -0.3 is 4.74 Å². The standard InChI is InChI=1S/C31H32N6O3/c1-3-5-11-28-32-27-18-17-23(40-29(38)12-6-4-2)19-26(27)31(39)37(28)20-21-13-15-22(16-14-21)24-9-7-8-10-25(24)30-33-35-36-34-30/h7-10,13-19H,3-6,11-12,20H2,1-2H3,(H,33,34,35,36). The first-order chi connectivity index (χ1) is 19.6. The molecule has 5 aromatic rings. The van der Waals surface area contributed by atoms with E-state index in [4.69, 9.17) is 9.72 Å². The molecule has 5 rings (SSSR count). The first-order valence-electron chi connectivity index (χ1n) is 13.7. The van der Waals surface area contributed by atoms with Crippen LogP contribution in [-0.2, 0) is 17.8 Å². The zero-order valence-electron chi connectivity index (χ0n) is 22.8. The third kappa shape index (κ3) is 5.98. The van der Waals surface area contributed by atoms with Gasteiger partial charge in [-0.3, -0.25) is 14.2 Å². The predicted molar refractivity (Wildman–Crippen MR) is 154 cm³/mol. The number of aryl methyl sites for hydroxylation is 1. The molecule has 0 spiro atoms. The van der Waals surface area contributed by atoms with Crippen LogP contribution in [0.2, 0.25) is 0 Å². The van der Waals surface area contributed by atoms with Crippen molar-refractivity contribution in [2.24, 2.45) is 0 Å². The number of hydrogen-bond acceptors (Lipinski definition) is 7. The monoisotopic (exact) mass is 536 g/mol. The van der Waals surface area contributed by atoms with E-state index < -0.39 is 0 Å². The largest absolute Gasteiger partial charge is 0.427 e. The fourth-order valence-electron chi connectivity index (χ4n) is 4.69. The highest BCUT2D eigenvalue weighted by atomic mass is 16.5. The van der Waals surface area contributed by atoms with Gasteiger partial charge in [0.05, 0.1) is 17.4 Å². The number of fused-ring (bicyclic) bond motifs is 1. The van der Waals surface area contributed by atoms with Crippen molar-refractivity contribution in [3.8, 4) is 28.3 Å². The van der Waals surface area contributed by atoms with E-state index in [9.17, 15) is 9.59 Å². The van der Waals surface area contributed by atoms with E-state index in [1.54, 1.807) is 22.8 Å². The Labute approximate surface area is 232 Å². The van der Waals surface area contributed by atoms with Crippen LogP contribution in [0.3, 0.4) is 0 Å². The maximum absolute atomic E-state index is 13.8. The highest BCUT2D eigenvalue weighted by Gasteiger charge is 2.15. The molecule has 0 aliphatic carbocycles. The number of unbranched alkanes of at least 4 members (excludes halogenated alkanes) is 2. The van der Waals surface area contributed by atoms with Gasteiger partial charge in [0.15, 0.2) is 5.82 Å². The van der Waals surface area contributed by atoms with Gasteiger partial charge in [0, 0.05) is 18.4 Å². The van der Waals surface area contributed by atoms with Crippen LogP contribution in [0.4, 0.5) is 0 Å². The van der Waals surface area contributed by atoms with Gasteiger partial charge in [0.25, 0.3) is 5.56 Å². The van der Waals surface area contributed by atoms with Crippen molar-refractivity contribution < 1.29 is 9.53 Å². The maximum Gasteiger partial charge on any atom is 0.311 e. The highest BCUT2D eigenvalue weighted by molar-refractivity contribution is 5.82. The minimum Gasteiger partial charge on any atom is -0.427 e. The number of aromatic amines is 1. The lowest BCUT2D eigenvalue weighted by Gasteiger charge is -2.15. The van der Waals surface area contributed by atoms with Crippen LogP contribution in [0.15, 0.2) is 71.5 Å². The van der Waals surface area contributed by atoms with E-state index in [2.05, 4.69) is 27.5 Å². The van der Waals surface area contributed by atoms with Crippen LogP contribution in [0.5, 0.6) is 5.75 Å². The van der Waals surface area contributed by atoms with E-state index in [0.717, 1.165) is 53.8 Å². The molecule has 0 fully saturated rings. The molecule has 0 aliphatic rings. The SMILES string of the molecule is CCCCC(=O)Oc1ccc2nc(CCCC)n(Cc3ccc(-c4ccccc4-c4nnn[nH]4)cc3)c(=O)c2c1. The van der Waals surface area contributed by atoms with E-state index in [1.165, 1.54) is 0 Å². The van der Waals surface area contributed by atoms with Gasteiger partial charge in [0.2, 0.25) is 0 Å². The molecule has 9 nitrogen and oxygen atoms in total. The van der Waals surface area contributed by atoms with Gasteiger partial charge in [-0.05, 0) is 58.2 Å². The number of rotatable bonds is 11. The number of tetrazole rings is 1. The number of aromatic nitrogens is 6. The smallest absolute Gasteiger partial charge is 0.311 e. The highest BCUT2D eigenvalue weighted by Crippen LogP contribution is 2.30. The Kier molecular flexibility index (Phi) is 8.39. The second kappa shape index (κ2) is 12.5. The Morgan fingerprint density at radius 1 is 0.950 bits per heavy atom. The van der Waals surface area contributed by atoms with Crippen molar-refractivity contribution >= 4 is 16.9 Å². The summed E-state index contributed by atoms with van der Waals surface area (Å²) in [6.45, 7) is 4.53. The number of carbonyl (C=O) groups excluding carboxylic acids is 1. The summed E-state index contributed by atoms with van der Waals surface area (Å²) in [6, 6.07) is 21.2. The van der Waals surface area contributed by atoms with Crippen LogP contribution in [-0.4, -0.2) is 36.1 Å². The molecular formula is C31H32N6O3. The van der Waals surface area contributed by atoms with Crippen molar-refractivity contribution in [3.63, 3.8) is 0 Å². The van der Waals surface area contributed by atoms with Crippen molar-refractivity contribution in [3.05, 3.63) is 88.5 Å². The summed E-state index contributed by atoms with van der Waals surface area (Å²) in [4.78, 5) is 30.8. The molecule has 9 heteroatoms. The lowest BCUT2D eigenvalue weighted by atomic mass is 9.98. The molecule has 0 amide bonds. The van der Waals surface area contributed by atoms with Gasteiger partial charge in [-0.25, -0.2) is 10.1 Å². The van der Waals surface area contributed by atoms with Gasteiger partial charge in [-0.15, -0.1) is 5.10 Å². The molecular weight excluding hydrogens is 504 g/mol. The third-order valence-electron chi connectivity index (χ3n) is 6.86. The zero-order valence-corrected chi connectivity index (χ0v) is 22.8. The summed E-state index contributed by atoms with van der Waals surface area (Å²) < 4.78 is 7.23. The molecule has 204 valence electrons. The van der Waals surface area contributed by atoms with Gasteiger partial charge in [0.1, 0.15) is 11.6 Å². The molecule has 0 atom stereocenters. The normalized spacial score (nSPS) is 11.2. The number of carbonyl (C=O) groups is 1. The van der Waals surface area contributed by atoms with E-state index in [-0.39, 0.29) is 11.5 Å². The van der Waals surface area contributed by atoms with Crippen LogP contribution in [0.25, 0.3) is 33.4 Å². The lowest BCUT2D eigenvalue weighted by molar-refractivity contribution is -0.134. The summed E-state index contributed by atoms with van der Waals surface area (Å²) in [5.74, 6) is 1.42. The zero-order chi connectivity index (χ0) is 27.9. The fraction of sp³-hybridized carbons (Fsp3) is 0.290. The topological polar surface area (TPSA) is 116 Å². The maximum atomic E-state index is 13.8. The summed E-state index contributed by atoms with van der Waals surface area (Å²) in [5.41, 5.74) is 4.36. The number of H-pyrrole nitrogens is 1. The minimum atomic E-state index is -0.296. The van der Waals surface area contributed by atoms with Crippen LogP contribution in [0, 0.1) is 0 Å². The van der Waals surface area contributed by atoms with E-state index in [0.29, 0.717) is 41.9 Å². The lowest BCUT2D eigenvalue weighted by Crippen LogP contribution is -2.26. The first kappa shape index (κ1) is 26.9. The summed E-state index contributed by atoms with van der Waals surface area (Å²) >= 11 is 0. The minimum absolute atomic E-state index is 0.144. The number of benzene rings is 3. The molecule has 40 heavy (non-hydrogen) atoms. The Hall–Kier alpha value is -4.66. The summed E-state index contributed by atoms with van der Waals surface area (Å²) in [5, 5.41) is 14.7. The number of nitrogens with zero attached hydrogens (tertiary/aromatic N) is 5. The van der Waals surface area contributed by atoms with E-state index >= 15 is 0 Å². The molecule has 0 saturated carbocycles. The molecule has 0 saturated heterocycles. The molecule has 0 aliphatic heterocycles. The van der Waals surface area contributed by atoms with Crippen molar-refractivity contribution in [2.75, 3.05) is 0 Å². The molecule has 0 unspecified atom stereocenters. The Morgan fingerprint density at radius 2 is 1.73 bits per heavy atom. The number of hydrogen-bond donors (Lipinski definition) is 1. The van der Waals surface area contributed by atoms with Crippen LogP contribution < -0.4 is 10.3 Å². The Morgan fingerprint density at radius 3 is 2.45 bits per heavy atom. The third-order valence-corrected chi connectivity index (χ3v) is 6.86. The van der Waals surface area contributed by atoms with Crippen LogP contribution >= 0.6 is 0 Å². The van der Waals surface area contributed by atoms with E-state index in [1.807, 2.05) is 55.5 Å². The van der Waals surface area contributed by atoms with Gasteiger partial charge in [-0.1, -0.05) is 75.2 Å². The quantitative estimate of drug-likeness (QED) is 0.169. The first-order valence-corrected chi connectivity index (χ1v) is 13.7.